The zero-order valence-corrected chi connectivity index (χ0v) is 13.6. The molecule has 3 heterocycles. The lowest BCUT2D eigenvalue weighted by Gasteiger charge is -2.12. The Morgan fingerprint density at radius 2 is 2.08 bits per heavy atom. The molecule has 0 bridgehead atoms. The first-order valence-electron chi connectivity index (χ1n) is 7.66. The molecule has 3 rings (SSSR count). The monoisotopic (exact) mass is 354 g/mol. The van der Waals surface area contributed by atoms with E-state index in [1.165, 1.54) is 16.9 Å². The molecular formula is C15H17F3N6O. The van der Waals surface area contributed by atoms with Gasteiger partial charge in [-0.1, -0.05) is 0 Å². The summed E-state index contributed by atoms with van der Waals surface area (Å²) in [7, 11) is 0. The van der Waals surface area contributed by atoms with E-state index in [0.717, 1.165) is 18.7 Å². The number of halogens is 3. The van der Waals surface area contributed by atoms with E-state index in [1.807, 2.05) is 6.92 Å². The van der Waals surface area contributed by atoms with Gasteiger partial charge in [-0.3, -0.25) is 10.2 Å². The van der Waals surface area contributed by atoms with Gasteiger partial charge >= 0.3 is 6.18 Å². The highest BCUT2D eigenvalue weighted by atomic mass is 19.4. The van der Waals surface area contributed by atoms with Crippen molar-refractivity contribution in [1.29, 1.82) is 0 Å². The van der Waals surface area contributed by atoms with Crippen molar-refractivity contribution in [1.82, 2.24) is 30.9 Å². The Bertz CT molecular complexity index is 771. The third-order valence-corrected chi connectivity index (χ3v) is 3.95. The van der Waals surface area contributed by atoms with Gasteiger partial charge < -0.3 is 5.32 Å². The molecule has 3 N–H and O–H groups in total. The molecule has 0 spiro atoms. The van der Waals surface area contributed by atoms with Crippen LogP contribution in [0.5, 0.6) is 0 Å². The molecule has 1 aliphatic rings. The van der Waals surface area contributed by atoms with Crippen LogP contribution in [0, 0.1) is 6.92 Å². The standard InChI is InChI=1S/C15H17F3N6O/c1-8-5-12(23-22-8)21-14(25)11-7-20-24(9(11)2)13-4-3-10(6-19-13)15(16,17)18/h3-4,6-8,12,22-23H,5H2,1-2H3,(H,21,25). The summed E-state index contributed by atoms with van der Waals surface area (Å²) < 4.78 is 39.1. The fourth-order valence-electron chi connectivity index (χ4n) is 2.59. The summed E-state index contributed by atoms with van der Waals surface area (Å²) in [6.07, 6.45) is -1.80. The number of hydrogen-bond acceptors (Lipinski definition) is 5. The van der Waals surface area contributed by atoms with Gasteiger partial charge in [0.15, 0.2) is 5.82 Å². The zero-order chi connectivity index (χ0) is 18.2. The minimum absolute atomic E-state index is 0.200. The average molecular weight is 354 g/mol. The lowest BCUT2D eigenvalue weighted by Crippen LogP contribution is -2.44. The number of amides is 1. The van der Waals surface area contributed by atoms with Crippen molar-refractivity contribution in [3.05, 3.63) is 41.3 Å². The second-order valence-electron chi connectivity index (χ2n) is 5.91. The highest BCUT2D eigenvalue weighted by Gasteiger charge is 2.31. The van der Waals surface area contributed by atoms with Gasteiger partial charge in [-0.05, 0) is 32.4 Å². The molecule has 25 heavy (non-hydrogen) atoms. The van der Waals surface area contributed by atoms with Crippen molar-refractivity contribution in [2.45, 2.75) is 38.7 Å². The Hall–Kier alpha value is -2.46. The average Bonchev–Trinajstić information content (AvgIpc) is 3.12. The number of carbonyl (C=O) groups is 1. The predicted octanol–water partition coefficient (Wildman–Crippen LogP) is 1.54. The van der Waals surface area contributed by atoms with Crippen molar-refractivity contribution in [3.8, 4) is 5.82 Å². The molecule has 0 saturated carbocycles. The molecular weight excluding hydrogens is 337 g/mol. The number of nitrogens with zero attached hydrogens (tertiary/aromatic N) is 3. The van der Waals surface area contributed by atoms with E-state index in [2.05, 4.69) is 26.3 Å². The number of hydrogen-bond donors (Lipinski definition) is 3. The highest BCUT2D eigenvalue weighted by Crippen LogP contribution is 2.28. The Kier molecular flexibility index (Phi) is 4.48. The van der Waals surface area contributed by atoms with Gasteiger partial charge in [0.05, 0.1) is 29.2 Å². The van der Waals surface area contributed by atoms with Crippen LogP contribution in [0.15, 0.2) is 24.5 Å². The SMILES string of the molecule is Cc1c(C(=O)NC2CC(C)NN2)cnn1-c1ccc(C(F)(F)F)cn1. The van der Waals surface area contributed by atoms with Crippen LogP contribution >= 0.6 is 0 Å². The lowest BCUT2D eigenvalue weighted by atomic mass is 10.2. The fourth-order valence-corrected chi connectivity index (χ4v) is 2.59. The molecule has 0 radical (unpaired) electrons. The summed E-state index contributed by atoms with van der Waals surface area (Å²) in [4.78, 5) is 16.1. The van der Waals surface area contributed by atoms with Gasteiger partial charge in [0.2, 0.25) is 0 Å². The van der Waals surface area contributed by atoms with Crippen LogP contribution in [0.1, 0.15) is 35.0 Å². The van der Waals surface area contributed by atoms with Crippen molar-refractivity contribution >= 4 is 5.91 Å². The number of alkyl halides is 3. The maximum absolute atomic E-state index is 12.6. The number of hydrazine groups is 1. The number of carbonyl (C=O) groups excluding carboxylic acids is 1. The van der Waals surface area contributed by atoms with Crippen molar-refractivity contribution in [3.63, 3.8) is 0 Å². The topological polar surface area (TPSA) is 83.9 Å². The second-order valence-corrected chi connectivity index (χ2v) is 5.91. The smallest absolute Gasteiger partial charge is 0.335 e. The van der Waals surface area contributed by atoms with Crippen LogP contribution in [-0.4, -0.2) is 32.9 Å². The molecule has 134 valence electrons. The molecule has 1 amide bonds. The van der Waals surface area contributed by atoms with Crippen LogP contribution in [-0.2, 0) is 6.18 Å². The van der Waals surface area contributed by atoms with Gasteiger partial charge in [0, 0.05) is 12.2 Å². The van der Waals surface area contributed by atoms with E-state index in [1.54, 1.807) is 6.92 Å². The van der Waals surface area contributed by atoms with Gasteiger partial charge in [-0.25, -0.2) is 15.1 Å². The van der Waals surface area contributed by atoms with Crippen LogP contribution in [0.25, 0.3) is 5.82 Å². The van der Waals surface area contributed by atoms with E-state index in [-0.39, 0.29) is 23.9 Å². The molecule has 1 saturated heterocycles. The Labute approximate surface area is 141 Å². The van der Waals surface area contributed by atoms with Gasteiger partial charge in [0.25, 0.3) is 5.91 Å². The Morgan fingerprint density at radius 3 is 2.64 bits per heavy atom. The highest BCUT2D eigenvalue weighted by molar-refractivity contribution is 5.95. The summed E-state index contributed by atoms with van der Waals surface area (Å²) in [5, 5.41) is 6.89. The maximum atomic E-state index is 12.6. The van der Waals surface area contributed by atoms with Crippen LogP contribution in [0.4, 0.5) is 13.2 Å². The Balaban J connectivity index is 1.77. The molecule has 2 aromatic heterocycles. The van der Waals surface area contributed by atoms with Gasteiger partial charge in [-0.15, -0.1) is 0 Å². The second kappa shape index (κ2) is 6.45. The number of pyridine rings is 1. The number of aromatic nitrogens is 3. The maximum Gasteiger partial charge on any atom is 0.417 e. The number of rotatable bonds is 3. The minimum atomic E-state index is -4.45. The first-order valence-corrected chi connectivity index (χ1v) is 7.66. The lowest BCUT2D eigenvalue weighted by molar-refractivity contribution is -0.137. The summed E-state index contributed by atoms with van der Waals surface area (Å²) in [5.41, 5.74) is 5.95. The van der Waals surface area contributed by atoms with E-state index >= 15 is 0 Å². The van der Waals surface area contributed by atoms with Crippen molar-refractivity contribution in [2.75, 3.05) is 0 Å². The van der Waals surface area contributed by atoms with Crippen molar-refractivity contribution in [2.24, 2.45) is 0 Å². The van der Waals surface area contributed by atoms with Gasteiger partial charge in [0.1, 0.15) is 0 Å². The van der Waals surface area contributed by atoms with E-state index in [9.17, 15) is 18.0 Å². The van der Waals surface area contributed by atoms with Crippen LogP contribution < -0.4 is 16.2 Å². The minimum Gasteiger partial charge on any atom is -0.335 e. The zero-order valence-electron chi connectivity index (χ0n) is 13.6. The van der Waals surface area contributed by atoms with Crippen molar-refractivity contribution < 1.29 is 18.0 Å². The van der Waals surface area contributed by atoms with E-state index < -0.39 is 11.7 Å². The quantitative estimate of drug-likeness (QED) is 0.779. The van der Waals surface area contributed by atoms with E-state index in [4.69, 9.17) is 0 Å². The van der Waals surface area contributed by atoms with E-state index in [0.29, 0.717) is 11.3 Å². The normalized spacial score (nSPS) is 20.7. The summed E-state index contributed by atoms with van der Waals surface area (Å²) in [6.45, 7) is 3.64. The molecule has 2 aromatic rings. The summed E-state index contributed by atoms with van der Waals surface area (Å²) >= 11 is 0. The molecule has 1 aliphatic heterocycles. The molecule has 0 aromatic carbocycles. The fraction of sp³-hybridized carbons (Fsp3) is 0.400. The third kappa shape index (κ3) is 3.64. The first kappa shape index (κ1) is 17.4. The molecule has 1 fully saturated rings. The van der Waals surface area contributed by atoms with Crippen LogP contribution in [0.3, 0.4) is 0 Å². The molecule has 2 unspecified atom stereocenters. The largest absolute Gasteiger partial charge is 0.417 e. The third-order valence-electron chi connectivity index (χ3n) is 3.95. The molecule has 2 atom stereocenters. The van der Waals surface area contributed by atoms with Crippen LogP contribution in [0.2, 0.25) is 0 Å². The molecule has 0 aliphatic carbocycles. The molecule has 10 heteroatoms. The number of nitrogens with one attached hydrogen (secondary N) is 3. The van der Waals surface area contributed by atoms with Gasteiger partial charge in [-0.2, -0.15) is 18.3 Å². The summed E-state index contributed by atoms with van der Waals surface area (Å²) in [5.74, 6) is -0.108. The first-order chi connectivity index (χ1) is 11.8. The summed E-state index contributed by atoms with van der Waals surface area (Å²) in [6, 6.07) is 2.39. The molecule has 7 nitrogen and oxygen atoms in total. The Morgan fingerprint density at radius 1 is 1.32 bits per heavy atom. The predicted molar refractivity (Wildman–Crippen MR) is 82.7 cm³/mol.